The van der Waals surface area contributed by atoms with Gasteiger partial charge in [0.2, 0.25) is 0 Å². The molecule has 0 aromatic heterocycles. The van der Waals surface area contributed by atoms with Crippen molar-refractivity contribution < 1.29 is 24.6 Å². The molecule has 0 amide bonds. The third-order valence-electron chi connectivity index (χ3n) is 9.25. The number of hydrogen-bond donors (Lipinski definition) is 2. The second-order valence-electron chi connectivity index (χ2n) is 17.3. The van der Waals surface area contributed by atoms with E-state index in [9.17, 15) is 20.3 Å². The van der Waals surface area contributed by atoms with E-state index >= 15 is 0 Å². The summed E-state index contributed by atoms with van der Waals surface area (Å²) in [4.78, 5) is 16.1. The third kappa shape index (κ3) is 8.20. The van der Waals surface area contributed by atoms with Gasteiger partial charge in [-0.15, -0.1) is 0 Å². The van der Waals surface area contributed by atoms with Gasteiger partial charge in [0.1, 0.15) is 22.8 Å². The molecule has 1 unspecified atom stereocenters. The molecular formula is C41H57BrN2O6. The van der Waals surface area contributed by atoms with E-state index in [4.69, 9.17) is 14.5 Å². The number of nitrogens with zero attached hydrogens (tertiary/aromatic N) is 2. The van der Waals surface area contributed by atoms with Gasteiger partial charge >= 0.3 is 0 Å². The molecule has 8 nitrogen and oxygen atoms in total. The van der Waals surface area contributed by atoms with Crippen LogP contribution >= 0.6 is 15.9 Å². The number of hydrogen-bond acceptors (Lipinski definition) is 7. The van der Waals surface area contributed by atoms with E-state index in [1.54, 1.807) is 14.2 Å². The highest BCUT2D eigenvalue weighted by atomic mass is 79.9. The number of nitro groups is 1. The number of phenols is 1. The smallest absolute Gasteiger partial charge is 0.271 e. The van der Waals surface area contributed by atoms with E-state index in [0.29, 0.717) is 17.5 Å². The average molecular weight is 754 g/mol. The van der Waals surface area contributed by atoms with Crippen LogP contribution in [0, 0.1) is 10.1 Å². The number of aromatic hydroxyl groups is 1. The van der Waals surface area contributed by atoms with Crippen LogP contribution in [0.25, 0.3) is 0 Å². The standard InChI is InChI=1S/C41H57BrN2O6/c1-16-33(43-23-24-17-27(44(47)48)22-32(42)34(24)45)41(46,25-18-28(37(2,3)4)35(49-14)29(19-25)38(5,6)7)26-20-30(39(8,9)10)36(50-15)31(21-26)40(11,12)13/h17-23,33,45-46H,16H2,1-15H3. The molecule has 0 saturated heterocycles. The number of ether oxygens (including phenoxy) is 2. The normalized spacial score (nSPS) is 13.9. The SMILES string of the molecule is CCC(N=Cc1cc([N+](=O)[O-])cc(Br)c1O)C(O)(c1cc(C(C)(C)C)c(OC)c(C(C)(C)C)c1)c1cc(C(C)(C)C)c(OC)c(C(C)(C)C)c1. The van der Waals surface area contributed by atoms with E-state index in [1.807, 2.05) is 31.2 Å². The fourth-order valence-corrected chi connectivity index (χ4v) is 6.87. The molecule has 0 aliphatic rings. The number of benzene rings is 3. The fraction of sp³-hybridized carbons (Fsp3) is 0.537. The minimum absolute atomic E-state index is 0.160. The van der Waals surface area contributed by atoms with E-state index < -0.39 is 16.6 Å². The maximum absolute atomic E-state index is 13.7. The number of aliphatic hydroxyl groups is 1. The Kier molecular flexibility index (Phi) is 11.7. The Morgan fingerprint density at radius 3 is 1.40 bits per heavy atom. The minimum atomic E-state index is -1.71. The number of rotatable bonds is 9. The predicted octanol–water partition coefficient (Wildman–Crippen LogP) is 10.4. The molecule has 274 valence electrons. The number of aliphatic imine (C=N–C) groups is 1. The van der Waals surface area contributed by atoms with Crippen LogP contribution in [0.5, 0.6) is 17.2 Å². The van der Waals surface area contributed by atoms with Crippen LogP contribution < -0.4 is 9.47 Å². The first-order valence-electron chi connectivity index (χ1n) is 17.1. The molecule has 3 aromatic carbocycles. The van der Waals surface area contributed by atoms with Crippen molar-refractivity contribution in [1.82, 2.24) is 0 Å². The van der Waals surface area contributed by atoms with Gasteiger partial charge in [-0.3, -0.25) is 15.1 Å². The lowest BCUT2D eigenvalue weighted by Crippen LogP contribution is -2.41. The van der Waals surface area contributed by atoms with Crippen molar-refractivity contribution in [2.24, 2.45) is 4.99 Å². The molecule has 0 saturated carbocycles. The van der Waals surface area contributed by atoms with E-state index in [2.05, 4.69) is 99.0 Å². The highest BCUT2D eigenvalue weighted by molar-refractivity contribution is 9.10. The van der Waals surface area contributed by atoms with Gasteiger partial charge < -0.3 is 19.7 Å². The number of nitro benzene ring substituents is 1. The highest BCUT2D eigenvalue weighted by Crippen LogP contribution is 2.49. The van der Waals surface area contributed by atoms with Crippen LogP contribution in [0.1, 0.15) is 135 Å². The Morgan fingerprint density at radius 1 is 0.760 bits per heavy atom. The van der Waals surface area contributed by atoms with Gasteiger partial charge in [-0.2, -0.15) is 0 Å². The molecule has 9 heteroatoms. The molecule has 0 heterocycles. The second-order valence-corrected chi connectivity index (χ2v) is 18.2. The lowest BCUT2D eigenvalue weighted by molar-refractivity contribution is -0.385. The Morgan fingerprint density at radius 2 is 1.12 bits per heavy atom. The Labute approximate surface area is 307 Å². The van der Waals surface area contributed by atoms with Gasteiger partial charge in [0.25, 0.3) is 5.69 Å². The molecule has 0 bridgehead atoms. The second kappa shape index (κ2) is 14.3. The Hall–Kier alpha value is -3.43. The van der Waals surface area contributed by atoms with Gasteiger partial charge in [0.05, 0.1) is 29.7 Å². The molecule has 1 atom stereocenters. The van der Waals surface area contributed by atoms with Crippen LogP contribution in [0.4, 0.5) is 5.69 Å². The minimum Gasteiger partial charge on any atom is -0.506 e. The number of methoxy groups -OCH3 is 2. The van der Waals surface area contributed by atoms with E-state index in [-0.39, 0.29) is 43.1 Å². The molecule has 0 fully saturated rings. The number of halogens is 1. The monoisotopic (exact) mass is 752 g/mol. The molecule has 3 rings (SSSR count). The number of non-ortho nitro benzene ring substituents is 1. The maximum Gasteiger partial charge on any atom is 0.271 e. The summed E-state index contributed by atoms with van der Waals surface area (Å²) in [6, 6.07) is 9.87. The molecule has 0 aliphatic carbocycles. The van der Waals surface area contributed by atoms with Crippen LogP contribution in [0.15, 0.2) is 45.9 Å². The van der Waals surface area contributed by atoms with Crippen molar-refractivity contribution in [3.05, 3.63) is 89.9 Å². The van der Waals surface area contributed by atoms with Gasteiger partial charge in [-0.25, -0.2) is 0 Å². The Bertz CT molecular complexity index is 1610. The summed E-state index contributed by atoms with van der Waals surface area (Å²) in [6.45, 7) is 27.5. The van der Waals surface area contributed by atoms with Crippen LogP contribution in [0.3, 0.4) is 0 Å². The van der Waals surface area contributed by atoms with Gasteiger partial charge in [-0.1, -0.05) is 90.0 Å². The average Bonchev–Trinajstić information content (AvgIpc) is 2.99. The summed E-state index contributed by atoms with van der Waals surface area (Å²) < 4.78 is 12.4. The zero-order valence-corrected chi connectivity index (χ0v) is 34.2. The van der Waals surface area contributed by atoms with Crippen molar-refractivity contribution in [1.29, 1.82) is 0 Å². The zero-order valence-electron chi connectivity index (χ0n) is 32.6. The predicted molar refractivity (Wildman–Crippen MR) is 208 cm³/mol. The summed E-state index contributed by atoms with van der Waals surface area (Å²) in [5.41, 5.74) is 1.94. The van der Waals surface area contributed by atoms with Gasteiger partial charge in [0, 0.05) is 46.2 Å². The summed E-state index contributed by atoms with van der Waals surface area (Å²) in [5.74, 6) is 1.38. The molecular weight excluding hydrogens is 696 g/mol. The topological polar surface area (TPSA) is 114 Å². The molecule has 3 aromatic rings. The summed E-state index contributed by atoms with van der Waals surface area (Å²) >= 11 is 3.25. The van der Waals surface area contributed by atoms with Crippen molar-refractivity contribution in [2.45, 2.75) is 130 Å². The quantitative estimate of drug-likeness (QED) is 0.128. The Balaban J connectivity index is 2.63. The largest absolute Gasteiger partial charge is 0.506 e. The van der Waals surface area contributed by atoms with Crippen LogP contribution in [-0.4, -0.2) is 41.6 Å². The van der Waals surface area contributed by atoms with Crippen LogP contribution in [-0.2, 0) is 27.3 Å². The first-order chi connectivity index (χ1) is 22.7. The van der Waals surface area contributed by atoms with Crippen molar-refractivity contribution in [3.8, 4) is 17.2 Å². The third-order valence-corrected chi connectivity index (χ3v) is 9.85. The molecule has 0 spiro atoms. The highest BCUT2D eigenvalue weighted by Gasteiger charge is 2.44. The van der Waals surface area contributed by atoms with Crippen molar-refractivity contribution >= 4 is 27.8 Å². The summed E-state index contributed by atoms with van der Waals surface area (Å²) in [7, 11) is 3.37. The maximum atomic E-state index is 13.7. The molecule has 2 N–H and O–H groups in total. The lowest BCUT2D eigenvalue weighted by Gasteiger charge is -2.40. The number of phenolic OH excluding ortho intramolecular Hbond substituents is 1. The van der Waals surface area contributed by atoms with Gasteiger partial charge in [-0.05, 0) is 79.4 Å². The first-order valence-corrected chi connectivity index (χ1v) is 17.9. The summed E-state index contributed by atoms with van der Waals surface area (Å²) in [6.07, 6.45) is 1.82. The van der Waals surface area contributed by atoms with E-state index in [1.165, 1.54) is 18.3 Å². The van der Waals surface area contributed by atoms with Crippen molar-refractivity contribution in [2.75, 3.05) is 14.2 Å². The zero-order chi connectivity index (χ0) is 38.4. The molecule has 50 heavy (non-hydrogen) atoms. The van der Waals surface area contributed by atoms with E-state index in [0.717, 1.165) is 33.8 Å². The lowest BCUT2D eigenvalue weighted by atomic mass is 9.70. The van der Waals surface area contributed by atoms with Gasteiger partial charge in [0.15, 0.2) is 0 Å². The van der Waals surface area contributed by atoms with Crippen LogP contribution in [0.2, 0.25) is 0 Å². The molecule has 0 aliphatic heterocycles. The fourth-order valence-electron chi connectivity index (χ4n) is 6.41. The first kappa shape index (κ1) is 41.0. The molecule has 0 radical (unpaired) electrons. The van der Waals surface area contributed by atoms with Crippen molar-refractivity contribution in [3.63, 3.8) is 0 Å². The summed E-state index contributed by atoms with van der Waals surface area (Å²) in [5, 5.41) is 36.3.